The van der Waals surface area contributed by atoms with Crippen molar-refractivity contribution >= 4 is 11.7 Å². The van der Waals surface area contributed by atoms with Crippen molar-refractivity contribution in [3.05, 3.63) is 57.9 Å². The van der Waals surface area contributed by atoms with Gasteiger partial charge in [-0.15, -0.1) is 5.10 Å². The van der Waals surface area contributed by atoms with E-state index in [0.717, 1.165) is 4.68 Å². The second-order valence-electron chi connectivity index (χ2n) is 5.88. The Hall–Kier alpha value is -3.09. The minimum absolute atomic E-state index is 0.287. The smallest absolute Gasteiger partial charge is 0.337 e. The van der Waals surface area contributed by atoms with E-state index in [9.17, 15) is 14.7 Å². The topological polar surface area (TPSA) is 90.7 Å². The average molecular weight is 328 g/mol. The first kappa shape index (κ1) is 15.8. The first-order chi connectivity index (χ1) is 11.3. The second kappa shape index (κ2) is 5.52. The highest BCUT2D eigenvalue weighted by Crippen LogP contribution is 2.36. The number of esters is 1. The van der Waals surface area contributed by atoms with Crippen LogP contribution in [0, 0.1) is 0 Å². The third kappa shape index (κ3) is 2.76. The molecule has 7 heteroatoms. The Labute approximate surface area is 137 Å². The number of benzene rings is 1. The Bertz CT molecular complexity index is 911. The highest BCUT2D eigenvalue weighted by molar-refractivity contribution is 5.91. The molecular weight excluding hydrogens is 312 g/mol. The molecule has 1 aliphatic rings. The van der Waals surface area contributed by atoms with Crippen LogP contribution in [0.5, 0.6) is 11.6 Å². The number of carbonyl (C=O) groups is 1. The maximum atomic E-state index is 12.2. The summed E-state index contributed by atoms with van der Waals surface area (Å²) in [5, 5.41) is 13.5. The zero-order valence-electron chi connectivity index (χ0n) is 13.4. The summed E-state index contributed by atoms with van der Waals surface area (Å²) in [5.41, 5.74) is 0.150. The van der Waals surface area contributed by atoms with Crippen molar-refractivity contribution in [2.75, 3.05) is 7.11 Å². The molecule has 3 rings (SSSR count). The van der Waals surface area contributed by atoms with Crippen LogP contribution in [0.25, 0.3) is 5.70 Å². The molecule has 0 saturated carbocycles. The summed E-state index contributed by atoms with van der Waals surface area (Å²) in [6, 6.07) is 7.23. The van der Waals surface area contributed by atoms with Gasteiger partial charge in [0.15, 0.2) is 0 Å². The van der Waals surface area contributed by atoms with Gasteiger partial charge in [-0.05, 0) is 38.1 Å². The predicted octanol–water partition coefficient (Wildman–Crippen LogP) is 1.80. The molecule has 0 bridgehead atoms. The summed E-state index contributed by atoms with van der Waals surface area (Å²) in [6.45, 7) is 3.66. The van der Waals surface area contributed by atoms with Gasteiger partial charge in [-0.3, -0.25) is 4.79 Å². The fourth-order valence-electron chi connectivity index (χ4n) is 2.53. The molecule has 0 unspecified atom stereocenters. The van der Waals surface area contributed by atoms with Gasteiger partial charge in [0.1, 0.15) is 11.4 Å². The van der Waals surface area contributed by atoms with Gasteiger partial charge in [0.05, 0.1) is 18.4 Å². The summed E-state index contributed by atoms with van der Waals surface area (Å²) in [5.74, 6) is -0.286. The molecule has 0 fully saturated rings. The number of rotatable bonds is 2. The van der Waals surface area contributed by atoms with Crippen LogP contribution in [0.15, 0.2) is 41.2 Å². The molecule has 2 aromatic rings. The molecule has 0 amide bonds. The Morgan fingerprint density at radius 2 is 2.04 bits per heavy atom. The van der Waals surface area contributed by atoms with Crippen LogP contribution in [0.3, 0.4) is 0 Å². The van der Waals surface area contributed by atoms with Gasteiger partial charge in [-0.2, -0.15) is 4.68 Å². The lowest BCUT2D eigenvalue weighted by molar-refractivity contribution is 0.0600. The molecule has 1 aromatic carbocycles. The van der Waals surface area contributed by atoms with Crippen LogP contribution in [0.4, 0.5) is 0 Å². The number of hydrogen-bond acceptors (Lipinski definition) is 6. The van der Waals surface area contributed by atoms with Crippen LogP contribution < -0.4 is 10.3 Å². The number of fused-ring (bicyclic) bond motifs is 1. The molecule has 0 atom stereocenters. The fourth-order valence-corrected chi connectivity index (χ4v) is 2.53. The van der Waals surface area contributed by atoms with Gasteiger partial charge < -0.3 is 14.6 Å². The zero-order chi connectivity index (χ0) is 17.5. The summed E-state index contributed by atoms with van der Waals surface area (Å²) in [6.07, 6.45) is 1.71. The van der Waals surface area contributed by atoms with E-state index in [1.165, 1.54) is 19.2 Å². The van der Waals surface area contributed by atoms with Crippen molar-refractivity contribution in [2.45, 2.75) is 19.4 Å². The predicted molar refractivity (Wildman–Crippen MR) is 86.0 cm³/mol. The number of ether oxygens (including phenoxy) is 2. The average Bonchev–Trinajstić information content (AvgIpc) is 2.54. The van der Waals surface area contributed by atoms with Crippen molar-refractivity contribution in [1.82, 2.24) is 9.78 Å². The number of aromatic nitrogens is 2. The third-order valence-corrected chi connectivity index (χ3v) is 3.55. The first-order valence-corrected chi connectivity index (χ1v) is 7.25. The van der Waals surface area contributed by atoms with E-state index in [-0.39, 0.29) is 5.88 Å². The van der Waals surface area contributed by atoms with Gasteiger partial charge in [0.25, 0.3) is 5.56 Å². The van der Waals surface area contributed by atoms with Crippen LogP contribution >= 0.6 is 0 Å². The fraction of sp³-hybridized carbons (Fsp3) is 0.235. The largest absolute Gasteiger partial charge is 0.492 e. The lowest BCUT2D eigenvalue weighted by Crippen LogP contribution is -2.33. The Morgan fingerprint density at radius 3 is 2.75 bits per heavy atom. The van der Waals surface area contributed by atoms with Crippen molar-refractivity contribution in [3.8, 4) is 11.6 Å². The quantitative estimate of drug-likeness (QED) is 0.845. The van der Waals surface area contributed by atoms with Crippen molar-refractivity contribution in [2.24, 2.45) is 0 Å². The Balaban J connectivity index is 2.25. The summed E-state index contributed by atoms with van der Waals surface area (Å²) in [7, 11) is 1.29. The van der Waals surface area contributed by atoms with E-state index in [1.54, 1.807) is 24.3 Å². The van der Waals surface area contributed by atoms with E-state index in [4.69, 9.17) is 9.47 Å². The van der Waals surface area contributed by atoms with E-state index in [0.29, 0.717) is 22.6 Å². The lowest BCUT2D eigenvalue weighted by atomic mass is 9.97. The lowest BCUT2D eigenvalue weighted by Gasteiger charge is -2.31. The van der Waals surface area contributed by atoms with E-state index < -0.39 is 17.1 Å². The van der Waals surface area contributed by atoms with Crippen LogP contribution in [0.1, 0.15) is 29.8 Å². The van der Waals surface area contributed by atoms with Crippen molar-refractivity contribution in [1.29, 1.82) is 0 Å². The number of methoxy groups -OCH3 is 1. The van der Waals surface area contributed by atoms with Gasteiger partial charge in [-0.25, -0.2) is 4.79 Å². The highest BCUT2D eigenvalue weighted by Gasteiger charge is 2.29. The summed E-state index contributed by atoms with van der Waals surface area (Å²) < 4.78 is 11.7. The Morgan fingerprint density at radius 1 is 1.29 bits per heavy atom. The zero-order valence-corrected chi connectivity index (χ0v) is 13.4. The molecule has 1 N–H and O–H groups in total. The molecule has 0 saturated heterocycles. The van der Waals surface area contributed by atoms with Crippen LogP contribution in [0.2, 0.25) is 0 Å². The molecule has 1 aliphatic heterocycles. The molecule has 24 heavy (non-hydrogen) atoms. The Kier molecular flexibility index (Phi) is 3.63. The molecular formula is C17H16N2O5. The number of hydrogen-bond donors (Lipinski definition) is 1. The molecule has 0 spiro atoms. The highest BCUT2D eigenvalue weighted by atomic mass is 16.5. The standard InChI is InChI=1S/C17H16N2O5/c1-17(2)9-12(19-15(21)7-6-14(20)18-19)11-8-10(16(22)23-3)4-5-13(11)24-17/h4-9H,1-3H3,(H,18,20). The SMILES string of the molecule is COC(=O)c1ccc2c(c1)C(n1nc(O)ccc1=O)=CC(C)(C)O2. The molecule has 7 nitrogen and oxygen atoms in total. The number of carbonyl (C=O) groups excluding carboxylic acids is 1. The minimum Gasteiger partial charge on any atom is -0.492 e. The van der Waals surface area contributed by atoms with Crippen LogP contribution in [-0.4, -0.2) is 33.6 Å². The summed E-state index contributed by atoms with van der Waals surface area (Å²) in [4.78, 5) is 24.0. The number of aromatic hydroxyl groups is 1. The minimum atomic E-state index is -0.693. The monoisotopic (exact) mass is 328 g/mol. The van der Waals surface area contributed by atoms with E-state index in [2.05, 4.69) is 5.10 Å². The molecule has 0 aliphatic carbocycles. The second-order valence-corrected chi connectivity index (χ2v) is 5.88. The van der Waals surface area contributed by atoms with Crippen LogP contribution in [-0.2, 0) is 4.74 Å². The maximum absolute atomic E-state index is 12.2. The van der Waals surface area contributed by atoms with Gasteiger partial charge >= 0.3 is 5.97 Å². The van der Waals surface area contributed by atoms with Gasteiger partial charge in [-0.1, -0.05) is 0 Å². The van der Waals surface area contributed by atoms with Crippen molar-refractivity contribution in [3.63, 3.8) is 0 Å². The summed E-state index contributed by atoms with van der Waals surface area (Å²) >= 11 is 0. The first-order valence-electron chi connectivity index (χ1n) is 7.25. The molecule has 0 radical (unpaired) electrons. The van der Waals surface area contributed by atoms with E-state index >= 15 is 0 Å². The van der Waals surface area contributed by atoms with Crippen molar-refractivity contribution < 1.29 is 19.4 Å². The third-order valence-electron chi connectivity index (χ3n) is 3.55. The number of nitrogens with zero attached hydrogens (tertiary/aromatic N) is 2. The van der Waals surface area contributed by atoms with Gasteiger partial charge in [0.2, 0.25) is 5.88 Å². The molecule has 1 aromatic heterocycles. The van der Waals surface area contributed by atoms with Gasteiger partial charge in [0, 0.05) is 17.7 Å². The maximum Gasteiger partial charge on any atom is 0.337 e. The molecule has 124 valence electrons. The van der Waals surface area contributed by atoms with E-state index in [1.807, 2.05) is 13.8 Å². The normalized spacial score (nSPS) is 15.0. The molecule has 2 heterocycles.